The number of nitrogens with one attached hydrogen (secondary N) is 1. The molecule has 0 aromatic heterocycles. The number of nitrogens with zero attached hydrogens (tertiary/aromatic N) is 2. The van der Waals surface area contributed by atoms with Gasteiger partial charge in [0.15, 0.2) is 0 Å². The number of alkyl halides is 1. The highest BCUT2D eigenvalue weighted by atomic mass is 35.5. The average Bonchev–Trinajstić information content (AvgIpc) is 3.57. The molecule has 1 atom stereocenters. The van der Waals surface area contributed by atoms with Gasteiger partial charge >= 0.3 is 8.60 Å². The number of rotatable bonds is 6. The number of halogens is 1. The van der Waals surface area contributed by atoms with E-state index in [4.69, 9.17) is 16.1 Å². The van der Waals surface area contributed by atoms with Crippen molar-refractivity contribution >= 4 is 70.6 Å². The van der Waals surface area contributed by atoms with Crippen LogP contribution in [0.15, 0.2) is 60.7 Å². The summed E-state index contributed by atoms with van der Waals surface area (Å²) in [5.74, 6) is 0.742. The summed E-state index contributed by atoms with van der Waals surface area (Å²) in [6, 6.07) is 19.7. The van der Waals surface area contributed by atoms with Crippen LogP contribution in [0, 0.1) is 10.8 Å². The topological polar surface area (TPSA) is 102 Å². The minimum atomic E-state index is -2.63. The van der Waals surface area contributed by atoms with Gasteiger partial charge in [-0.05, 0) is 53.6 Å². The van der Waals surface area contributed by atoms with Gasteiger partial charge in [0.2, 0.25) is 11.8 Å². The fourth-order valence-corrected chi connectivity index (χ4v) is 8.97. The first-order valence-corrected chi connectivity index (χ1v) is 16.3. The number of hydrogen-bond donors (Lipinski definition) is 3. The summed E-state index contributed by atoms with van der Waals surface area (Å²) in [5, 5.41) is 7.27. The lowest BCUT2D eigenvalue weighted by Gasteiger charge is -2.69. The zero-order valence-electron chi connectivity index (χ0n) is 23.6. The van der Waals surface area contributed by atoms with Crippen molar-refractivity contribution in [2.75, 3.05) is 41.1 Å². The van der Waals surface area contributed by atoms with Crippen LogP contribution in [0.5, 0.6) is 5.75 Å². The number of benzene rings is 4. The highest BCUT2D eigenvalue weighted by Crippen LogP contribution is 2.75. The molecule has 3 aliphatic carbocycles. The number of carbonyl (C=O) groups is 2. The molecule has 8 nitrogen and oxygen atoms in total. The minimum absolute atomic E-state index is 0.0119. The van der Waals surface area contributed by atoms with E-state index in [0.29, 0.717) is 49.7 Å². The van der Waals surface area contributed by atoms with E-state index in [-0.39, 0.29) is 17.7 Å². The van der Waals surface area contributed by atoms with Crippen molar-refractivity contribution in [3.63, 3.8) is 0 Å². The SMILES string of the molecule is CNc1cc2c(c3ccccc13)CCN2C(=O)C12CC(C(=O)N3C[C@@H](CCl)c4c3cc(OP(O)O)c3ccccc43)(C1)C2. The Morgan fingerprint density at radius 2 is 1.56 bits per heavy atom. The molecule has 0 saturated heterocycles. The average molecular weight is 616 g/mol. The molecule has 0 spiro atoms. The van der Waals surface area contributed by atoms with E-state index in [1.165, 1.54) is 10.9 Å². The van der Waals surface area contributed by atoms with Crippen LogP contribution < -0.4 is 19.6 Å². The Kier molecular flexibility index (Phi) is 6.02. The molecule has 3 saturated carbocycles. The van der Waals surface area contributed by atoms with Crippen LogP contribution >= 0.6 is 20.2 Å². The van der Waals surface area contributed by atoms with Gasteiger partial charge in [0.25, 0.3) is 0 Å². The van der Waals surface area contributed by atoms with Crippen molar-refractivity contribution in [2.24, 2.45) is 10.8 Å². The second-order valence-electron chi connectivity index (χ2n) is 12.5. The highest BCUT2D eigenvalue weighted by molar-refractivity contribution is 7.39. The van der Waals surface area contributed by atoms with Crippen molar-refractivity contribution in [3.05, 3.63) is 71.8 Å². The molecular weight excluding hydrogens is 585 g/mol. The summed E-state index contributed by atoms with van der Waals surface area (Å²) < 4.78 is 5.41. The fourth-order valence-electron chi connectivity index (χ4n) is 8.39. The van der Waals surface area contributed by atoms with Crippen LogP contribution in [0.2, 0.25) is 0 Å². The zero-order chi connectivity index (χ0) is 29.7. The molecule has 3 N–H and O–H groups in total. The molecule has 4 aromatic rings. The van der Waals surface area contributed by atoms with Crippen LogP contribution in [0.25, 0.3) is 21.5 Å². The van der Waals surface area contributed by atoms with Gasteiger partial charge in [-0.15, -0.1) is 11.6 Å². The Labute approximate surface area is 255 Å². The predicted molar refractivity (Wildman–Crippen MR) is 170 cm³/mol. The maximum Gasteiger partial charge on any atom is 0.391 e. The van der Waals surface area contributed by atoms with Crippen LogP contribution in [0.3, 0.4) is 0 Å². The van der Waals surface area contributed by atoms with Gasteiger partial charge in [-0.25, -0.2) is 0 Å². The number of hydrogen-bond acceptors (Lipinski definition) is 6. The summed E-state index contributed by atoms with van der Waals surface area (Å²) in [7, 11) is -0.729. The molecular formula is C33H31ClN3O5P. The van der Waals surface area contributed by atoms with E-state index in [1.54, 1.807) is 11.0 Å². The first-order valence-electron chi connectivity index (χ1n) is 14.6. The van der Waals surface area contributed by atoms with Crippen molar-refractivity contribution < 1.29 is 23.9 Å². The lowest BCUT2D eigenvalue weighted by molar-refractivity contribution is -0.204. The molecule has 2 bridgehead atoms. The van der Waals surface area contributed by atoms with E-state index >= 15 is 0 Å². The Hall–Kier alpha value is -3.42. The standard InChI is InChI=1S/C33H31ClN3O5P/c1-35-25-12-26-22(20-6-2-3-7-21(20)25)10-11-36(26)30(38)32-16-33(17-32,18-32)31(39)37-15-19(14-34)29-24-9-5-4-8-23(24)28(13-27(29)37)42-43(40)41/h2-9,12-13,19,35,40-41H,10-11,14-18H2,1H3/t19-,32?,33?/m1/s1. The molecule has 9 rings (SSSR count). The second kappa shape index (κ2) is 9.54. The van der Waals surface area contributed by atoms with Crippen LogP contribution in [0.4, 0.5) is 17.1 Å². The van der Waals surface area contributed by atoms with Crippen molar-refractivity contribution in [1.82, 2.24) is 0 Å². The molecule has 3 fully saturated rings. The number of fused-ring (bicyclic) bond motifs is 6. The largest absolute Gasteiger partial charge is 0.426 e. The third kappa shape index (κ3) is 3.73. The smallest absolute Gasteiger partial charge is 0.391 e. The van der Waals surface area contributed by atoms with Crippen molar-refractivity contribution in [2.45, 2.75) is 31.6 Å². The maximum atomic E-state index is 14.2. The maximum absolute atomic E-state index is 14.2. The van der Waals surface area contributed by atoms with E-state index in [2.05, 4.69) is 23.5 Å². The lowest BCUT2D eigenvalue weighted by Crippen LogP contribution is -2.72. The van der Waals surface area contributed by atoms with Crippen molar-refractivity contribution in [1.29, 1.82) is 0 Å². The summed E-state index contributed by atoms with van der Waals surface area (Å²) in [5.41, 5.74) is 3.80. The van der Waals surface area contributed by atoms with Crippen LogP contribution in [-0.2, 0) is 16.0 Å². The van der Waals surface area contributed by atoms with E-state index in [9.17, 15) is 19.4 Å². The fraction of sp³-hybridized carbons (Fsp3) is 0.333. The van der Waals surface area contributed by atoms with Gasteiger partial charge in [0.1, 0.15) is 5.75 Å². The predicted octanol–water partition coefficient (Wildman–Crippen LogP) is 6.05. The molecule has 0 radical (unpaired) electrons. The molecule has 2 amide bonds. The van der Waals surface area contributed by atoms with Gasteiger partial charge in [0.05, 0.1) is 16.5 Å². The van der Waals surface area contributed by atoms with E-state index in [0.717, 1.165) is 39.5 Å². The first kappa shape index (κ1) is 27.2. The Morgan fingerprint density at radius 3 is 2.21 bits per heavy atom. The Bertz CT molecular complexity index is 1840. The first-order chi connectivity index (χ1) is 20.8. The Morgan fingerprint density at radius 1 is 0.930 bits per heavy atom. The molecule has 4 aromatic carbocycles. The third-order valence-corrected chi connectivity index (χ3v) is 10.9. The van der Waals surface area contributed by atoms with Crippen molar-refractivity contribution in [3.8, 4) is 5.75 Å². The third-order valence-electron chi connectivity index (χ3n) is 10.2. The number of anilines is 3. The molecule has 2 heterocycles. The van der Waals surface area contributed by atoms with Gasteiger partial charge in [-0.3, -0.25) is 9.59 Å². The molecule has 5 aliphatic rings. The van der Waals surface area contributed by atoms with Crippen LogP contribution in [-0.4, -0.2) is 47.6 Å². The minimum Gasteiger partial charge on any atom is -0.426 e. The molecule has 0 unspecified atom stereocenters. The summed E-state index contributed by atoms with van der Waals surface area (Å²) >= 11 is 6.44. The van der Waals surface area contributed by atoms with Gasteiger partial charge in [-0.2, -0.15) is 0 Å². The molecule has 2 aliphatic heterocycles. The van der Waals surface area contributed by atoms with Gasteiger partial charge in [0, 0.05) is 60.1 Å². The summed E-state index contributed by atoms with van der Waals surface area (Å²) in [6.07, 6.45) is 2.45. The molecule has 43 heavy (non-hydrogen) atoms. The quantitative estimate of drug-likeness (QED) is 0.180. The molecule has 10 heteroatoms. The van der Waals surface area contributed by atoms with Gasteiger partial charge in [-0.1, -0.05) is 48.5 Å². The number of amides is 2. The Balaban J connectivity index is 1.08. The van der Waals surface area contributed by atoms with E-state index < -0.39 is 19.4 Å². The van der Waals surface area contributed by atoms with Gasteiger partial charge < -0.3 is 29.4 Å². The second-order valence-corrected chi connectivity index (χ2v) is 13.5. The van der Waals surface area contributed by atoms with Crippen LogP contribution in [0.1, 0.15) is 36.3 Å². The molecule has 220 valence electrons. The number of carbonyl (C=O) groups excluding carboxylic acids is 2. The highest BCUT2D eigenvalue weighted by Gasteiger charge is 2.76. The lowest BCUT2D eigenvalue weighted by atomic mass is 9.34. The monoisotopic (exact) mass is 615 g/mol. The summed E-state index contributed by atoms with van der Waals surface area (Å²) in [6.45, 7) is 1.10. The zero-order valence-corrected chi connectivity index (χ0v) is 25.3. The normalized spacial score (nSPS) is 25.0. The van der Waals surface area contributed by atoms with E-state index in [1.807, 2.05) is 48.3 Å². The summed E-state index contributed by atoms with van der Waals surface area (Å²) in [4.78, 5) is 51.3.